The maximum absolute atomic E-state index is 5.74. The number of hydrogen-bond donors (Lipinski definition) is 2. The highest BCUT2D eigenvalue weighted by Crippen LogP contribution is 2.20. The summed E-state index contributed by atoms with van der Waals surface area (Å²) in [6, 6.07) is 1.17. The first-order valence-corrected chi connectivity index (χ1v) is 12.2. The van der Waals surface area contributed by atoms with Crippen LogP contribution in [0, 0.1) is 19.8 Å². The van der Waals surface area contributed by atoms with E-state index in [0.29, 0.717) is 18.0 Å². The van der Waals surface area contributed by atoms with Crippen molar-refractivity contribution in [3.63, 3.8) is 0 Å². The van der Waals surface area contributed by atoms with E-state index in [1.54, 1.807) is 0 Å². The van der Waals surface area contributed by atoms with E-state index in [4.69, 9.17) is 9.41 Å². The number of piperidine rings is 1. The molecule has 0 atom stereocenters. The highest BCUT2D eigenvalue weighted by Gasteiger charge is 2.21. The van der Waals surface area contributed by atoms with Gasteiger partial charge in [0, 0.05) is 38.3 Å². The number of aliphatic imine (C=N–C) groups is 1. The Kier molecular flexibility index (Phi) is 13.8. The molecule has 1 saturated heterocycles. The van der Waals surface area contributed by atoms with E-state index < -0.39 is 0 Å². The molecule has 0 amide bonds. The zero-order chi connectivity index (χ0) is 22.8. The van der Waals surface area contributed by atoms with E-state index in [2.05, 4.69) is 60.0 Å². The summed E-state index contributed by atoms with van der Waals surface area (Å²) in [5.41, 5.74) is 1.00. The maximum Gasteiger partial charge on any atom is 0.208 e. The quantitative estimate of drug-likeness (QED) is 0.183. The summed E-state index contributed by atoms with van der Waals surface area (Å²) in [6.07, 6.45) is 3.48. The lowest BCUT2D eigenvalue weighted by Gasteiger charge is -2.30. The number of likely N-dealkylation sites (tertiary alicyclic amines) is 1. The van der Waals surface area contributed by atoms with Crippen molar-refractivity contribution >= 4 is 29.9 Å². The zero-order valence-corrected chi connectivity index (χ0v) is 23.7. The molecular formula is C24H47IN6O. The SMILES string of the molecule is CCNC(=NCC1CCN(Cc2nc(C)c(C)o2)CC1)NCCCN(C(C)C)C(C)C.I. The Morgan fingerprint density at radius 1 is 1.16 bits per heavy atom. The molecule has 1 aromatic rings. The Morgan fingerprint density at radius 2 is 1.81 bits per heavy atom. The first-order chi connectivity index (χ1) is 14.8. The Balaban J connectivity index is 0.00000512. The first kappa shape index (κ1) is 29.2. The minimum absolute atomic E-state index is 0. The van der Waals surface area contributed by atoms with Crippen LogP contribution in [0.4, 0.5) is 0 Å². The highest BCUT2D eigenvalue weighted by molar-refractivity contribution is 14.0. The number of nitrogens with one attached hydrogen (secondary N) is 2. The van der Waals surface area contributed by atoms with Crippen molar-refractivity contribution in [1.82, 2.24) is 25.4 Å². The van der Waals surface area contributed by atoms with Crippen LogP contribution in [0.2, 0.25) is 0 Å². The van der Waals surface area contributed by atoms with Gasteiger partial charge in [-0.25, -0.2) is 4.98 Å². The fourth-order valence-electron chi connectivity index (χ4n) is 4.27. The van der Waals surface area contributed by atoms with Gasteiger partial charge in [0.05, 0.1) is 12.2 Å². The van der Waals surface area contributed by atoms with Gasteiger partial charge >= 0.3 is 0 Å². The molecule has 0 radical (unpaired) electrons. The third-order valence-electron chi connectivity index (χ3n) is 6.20. The standard InChI is InChI=1S/C24H46N6O.HI/c1-8-25-24(26-12-9-13-30(18(2)3)19(4)5)27-16-22-10-14-29(15-11-22)17-23-28-20(6)21(7)31-23;/h18-19,22H,8-17H2,1-7H3,(H2,25,26,27);1H. The Hall–Kier alpha value is -0.870. The smallest absolute Gasteiger partial charge is 0.208 e. The second-order valence-corrected chi connectivity index (χ2v) is 9.39. The van der Waals surface area contributed by atoms with E-state index in [1.807, 2.05) is 13.8 Å². The molecular weight excluding hydrogens is 515 g/mol. The predicted octanol–water partition coefficient (Wildman–Crippen LogP) is 4.19. The molecule has 0 aliphatic carbocycles. The number of rotatable bonds is 11. The summed E-state index contributed by atoms with van der Waals surface area (Å²) >= 11 is 0. The molecule has 0 spiro atoms. The predicted molar refractivity (Wildman–Crippen MR) is 145 cm³/mol. The van der Waals surface area contributed by atoms with E-state index in [0.717, 1.165) is 75.5 Å². The van der Waals surface area contributed by atoms with Gasteiger partial charge in [-0.05, 0) is 86.7 Å². The van der Waals surface area contributed by atoms with Crippen molar-refractivity contribution in [1.29, 1.82) is 0 Å². The Morgan fingerprint density at radius 3 is 2.34 bits per heavy atom. The lowest BCUT2D eigenvalue weighted by atomic mass is 9.97. The van der Waals surface area contributed by atoms with Crippen molar-refractivity contribution in [3.05, 3.63) is 17.3 Å². The van der Waals surface area contributed by atoms with Gasteiger partial charge in [-0.15, -0.1) is 24.0 Å². The van der Waals surface area contributed by atoms with Crippen molar-refractivity contribution in [2.45, 2.75) is 86.4 Å². The molecule has 1 aliphatic rings. The molecule has 8 heteroatoms. The van der Waals surface area contributed by atoms with Crippen LogP contribution in [0.15, 0.2) is 9.41 Å². The Labute approximate surface area is 213 Å². The van der Waals surface area contributed by atoms with E-state index in [-0.39, 0.29) is 24.0 Å². The van der Waals surface area contributed by atoms with Crippen LogP contribution < -0.4 is 10.6 Å². The molecule has 0 aromatic carbocycles. The number of halogens is 1. The monoisotopic (exact) mass is 562 g/mol. The molecule has 32 heavy (non-hydrogen) atoms. The third-order valence-corrected chi connectivity index (χ3v) is 6.20. The fraction of sp³-hybridized carbons (Fsp3) is 0.833. The van der Waals surface area contributed by atoms with Gasteiger partial charge in [0.1, 0.15) is 5.76 Å². The summed E-state index contributed by atoms with van der Waals surface area (Å²) in [6.45, 7) is 22.1. The summed E-state index contributed by atoms with van der Waals surface area (Å²) < 4.78 is 5.74. The average molecular weight is 563 g/mol. The van der Waals surface area contributed by atoms with Gasteiger partial charge in [0.2, 0.25) is 5.89 Å². The molecule has 2 rings (SSSR count). The third kappa shape index (κ3) is 9.95. The van der Waals surface area contributed by atoms with Crippen LogP contribution in [-0.4, -0.2) is 72.1 Å². The minimum Gasteiger partial charge on any atom is -0.444 e. The molecule has 2 heterocycles. The molecule has 0 bridgehead atoms. The molecule has 2 N–H and O–H groups in total. The van der Waals surface area contributed by atoms with Gasteiger partial charge in [0.15, 0.2) is 5.96 Å². The van der Waals surface area contributed by atoms with Gasteiger partial charge in [-0.2, -0.15) is 0 Å². The number of oxazole rings is 1. The van der Waals surface area contributed by atoms with E-state index >= 15 is 0 Å². The van der Waals surface area contributed by atoms with Crippen LogP contribution in [0.25, 0.3) is 0 Å². The highest BCUT2D eigenvalue weighted by atomic mass is 127. The number of nitrogens with zero attached hydrogens (tertiary/aromatic N) is 4. The molecule has 1 aliphatic heterocycles. The second kappa shape index (κ2) is 15.1. The van der Waals surface area contributed by atoms with Crippen molar-refractivity contribution in [2.75, 3.05) is 39.3 Å². The summed E-state index contributed by atoms with van der Waals surface area (Å²) in [4.78, 5) is 14.4. The van der Waals surface area contributed by atoms with Gasteiger partial charge < -0.3 is 15.1 Å². The van der Waals surface area contributed by atoms with Crippen molar-refractivity contribution in [3.8, 4) is 0 Å². The summed E-state index contributed by atoms with van der Waals surface area (Å²) in [5.74, 6) is 3.39. The number of aromatic nitrogens is 1. The number of aryl methyl sites for hydroxylation is 2. The molecule has 0 unspecified atom stereocenters. The average Bonchev–Trinajstić information content (AvgIpc) is 3.03. The van der Waals surface area contributed by atoms with Gasteiger partial charge in [0.25, 0.3) is 0 Å². The van der Waals surface area contributed by atoms with Crippen LogP contribution >= 0.6 is 24.0 Å². The second-order valence-electron chi connectivity index (χ2n) is 9.39. The lowest BCUT2D eigenvalue weighted by Crippen LogP contribution is -2.41. The number of guanidine groups is 1. The fourth-order valence-corrected chi connectivity index (χ4v) is 4.27. The van der Waals surface area contributed by atoms with Gasteiger partial charge in [-0.1, -0.05) is 0 Å². The first-order valence-electron chi connectivity index (χ1n) is 12.2. The lowest BCUT2D eigenvalue weighted by molar-refractivity contribution is 0.166. The van der Waals surface area contributed by atoms with Gasteiger partial charge in [-0.3, -0.25) is 14.8 Å². The minimum atomic E-state index is 0. The molecule has 1 aromatic heterocycles. The maximum atomic E-state index is 5.74. The van der Waals surface area contributed by atoms with E-state index in [9.17, 15) is 0 Å². The molecule has 186 valence electrons. The number of hydrogen-bond acceptors (Lipinski definition) is 5. The van der Waals surface area contributed by atoms with Crippen molar-refractivity contribution < 1.29 is 4.42 Å². The molecule has 0 saturated carbocycles. The van der Waals surface area contributed by atoms with E-state index in [1.165, 1.54) is 12.8 Å². The normalized spacial score (nSPS) is 16.1. The van der Waals surface area contributed by atoms with Crippen LogP contribution in [-0.2, 0) is 6.54 Å². The van der Waals surface area contributed by atoms with Crippen LogP contribution in [0.1, 0.15) is 71.2 Å². The largest absolute Gasteiger partial charge is 0.444 e. The Bertz CT molecular complexity index is 640. The van der Waals surface area contributed by atoms with Crippen LogP contribution in [0.3, 0.4) is 0 Å². The molecule has 1 fully saturated rings. The molecule has 7 nitrogen and oxygen atoms in total. The van der Waals surface area contributed by atoms with Crippen LogP contribution in [0.5, 0.6) is 0 Å². The topological polar surface area (TPSA) is 68.9 Å². The summed E-state index contributed by atoms with van der Waals surface area (Å²) in [5, 5.41) is 6.92. The van der Waals surface area contributed by atoms with Crippen molar-refractivity contribution in [2.24, 2.45) is 10.9 Å². The zero-order valence-electron chi connectivity index (χ0n) is 21.4. The summed E-state index contributed by atoms with van der Waals surface area (Å²) in [7, 11) is 0.